The highest BCUT2D eigenvalue weighted by Crippen LogP contribution is 2.26. The first-order valence-corrected chi connectivity index (χ1v) is 12.4. The Labute approximate surface area is 194 Å². The van der Waals surface area contributed by atoms with Crippen molar-refractivity contribution in [2.45, 2.75) is 45.2 Å². The van der Waals surface area contributed by atoms with Crippen LogP contribution in [0.15, 0.2) is 60.8 Å². The number of piperidine rings is 1. The maximum Gasteiger partial charge on any atom is 0.273 e. The number of carbonyl (C=O) groups is 1. The molecule has 1 saturated heterocycles. The largest absolute Gasteiger partial charge is 0.330 e. The molecule has 0 aliphatic carbocycles. The van der Waals surface area contributed by atoms with Crippen molar-refractivity contribution in [3.63, 3.8) is 0 Å². The second-order valence-corrected chi connectivity index (χ2v) is 9.51. The molecule has 0 radical (unpaired) electrons. The van der Waals surface area contributed by atoms with Gasteiger partial charge in [-0.1, -0.05) is 61.7 Å². The number of carbonyl (C=O) groups excluding carboxylic acids is 1. The molecule has 0 N–H and O–H groups in total. The van der Waals surface area contributed by atoms with E-state index in [9.17, 15) is 9.18 Å². The second kappa shape index (κ2) is 10.9. The molecule has 2 heterocycles. The van der Waals surface area contributed by atoms with Gasteiger partial charge in [0, 0.05) is 43.0 Å². The van der Waals surface area contributed by atoms with E-state index in [0.29, 0.717) is 12.2 Å². The minimum Gasteiger partial charge on any atom is -0.330 e. The Kier molecular flexibility index (Phi) is 7.76. The number of rotatable bonds is 8. The monoisotopic (exact) mass is 451 g/mol. The molecule has 4 nitrogen and oxygen atoms in total. The average Bonchev–Trinajstić information content (AvgIpc) is 2.82. The van der Waals surface area contributed by atoms with Crippen LogP contribution in [0.4, 0.5) is 4.39 Å². The quantitative estimate of drug-likeness (QED) is 0.314. The molecule has 2 aromatic carbocycles. The van der Waals surface area contributed by atoms with E-state index in [2.05, 4.69) is 16.2 Å². The molecule has 0 spiro atoms. The van der Waals surface area contributed by atoms with Crippen molar-refractivity contribution in [1.82, 2.24) is 14.2 Å². The molecule has 168 valence electrons. The van der Waals surface area contributed by atoms with Crippen molar-refractivity contribution < 1.29 is 9.18 Å². The van der Waals surface area contributed by atoms with Gasteiger partial charge in [0.1, 0.15) is 11.5 Å². The summed E-state index contributed by atoms with van der Waals surface area (Å²) < 4.78 is 16.3. The fraction of sp³-hybridized carbons (Fsp3) is 0.385. The minimum absolute atomic E-state index is 0.0860. The first-order chi connectivity index (χ1) is 15.6. The zero-order valence-corrected chi connectivity index (χ0v) is 19.4. The lowest BCUT2D eigenvalue weighted by molar-refractivity contribution is 0.0593. The molecule has 1 amide bonds. The van der Waals surface area contributed by atoms with Crippen molar-refractivity contribution in [3.05, 3.63) is 77.9 Å². The summed E-state index contributed by atoms with van der Waals surface area (Å²) in [6.07, 6.45) is 6.01. The minimum atomic E-state index is -0.277. The van der Waals surface area contributed by atoms with E-state index in [-0.39, 0.29) is 17.8 Å². The summed E-state index contributed by atoms with van der Waals surface area (Å²) in [4.78, 5) is 20.0. The Morgan fingerprint density at radius 2 is 1.91 bits per heavy atom. The summed E-state index contributed by atoms with van der Waals surface area (Å²) in [6, 6.07) is 16.4. The van der Waals surface area contributed by atoms with Gasteiger partial charge in [-0.15, -0.1) is 0 Å². The SMILES string of the molecule is CCCCSN1CCC(N(Cc2cccc(F)c2)C(=O)c2cc3ccccc3cn2)CC1. The van der Waals surface area contributed by atoms with E-state index < -0.39 is 0 Å². The number of hydrogen-bond donors (Lipinski definition) is 0. The third-order valence-corrected chi connectivity index (χ3v) is 7.19. The fourth-order valence-electron chi connectivity index (χ4n) is 4.17. The summed E-state index contributed by atoms with van der Waals surface area (Å²) in [6.45, 7) is 4.51. The molecule has 1 aliphatic heterocycles. The number of hydrogen-bond acceptors (Lipinski definition) is 4. The molecule has 1 aliphatic rings. The molecule has 1 fully saturated rings. The number of nitrogens with zero attached hydrogens (tertiary/aromatic N) is 3. The molecule has 1 aromatic heterocycles. The Balaban J connectivity index is 1.54. The average molecular weight is 452 g/mol. The lowest BCUT2D eigenvalue weighted by Gasteiger charge is -2.38. The van der Waals surface area contributed by atoms with Gasteiger partial charge in [0.25, 0.3) is 5.91 Å². The highest BCUT2D eigenvalue weighted by molar-refractivity contribution is 7.97. The molecule has 0 atom stereocenters. The molecule has 0 bridgehead atoms. The van der Waals surface area contributed by atoms with Crippen LogP contribution in [0.5, 0.6) is 0 Å². The van der Waals surface area contributed by atoms with Crippen LogP contribution in [0.3, 0.4) is 0 Å². The predicted octanol–water partition coefficient (Wildman–Crippen LogP) is 5.93. The fourth-order valence-corrected chi connectivity index (χ4v) is 5.31. The maximum atomic E-state index is 13.8. The van der Waals surface area contributed by atoms with Crippen LogP contribution in [0.2, 0.25) is 0 Å². The Hall–Kier alpha value is -2.44. The third-order valence-electron chi connectivity index (χ3n) is 5.99. The van der Waals surface area contributed by atoms with E-state index in [4.69, 9.17) is 0 Å². The van der Waals surface area contributed by atoms with E-state index >= 15 is 0 Å². The third kappa shape index (κ3) is 5.67. The number of amides is 1. The van der Waals surface area contributed by atoms with E-state index in [1.54, 1.807) is 12.3 Å². The van der Waals surface area contributed by atoms with Crippen molar-refractivity contribution in [2.24, 2.45) is 0 Å². The summed E-state index contributed by atoms with van der Waals surface area (Å²) in [5.74, 6) is 0.784. The molecule has 4 rings (SSSR count). The molecule has 0 unspecified atom stereocenters. The van der Waals surface area contributed by atoms with Crippen molar-refractivity contribution >= 4 is 28.6 Å². The highest BCUT2D eigenvalue weighted by Gasteiger charge is 2.29. The first kappa shape index (κ1) is 22.7. The van der Waals surface area contributed by atoms with Crippen LogP contribution in [0.25, 0.3) is 10.8 Å². The van der Waals surface area contributed by atoms with Gasteiger partial charge >= 0.3 is 0 Å². The molecule has 0 saturated carbocycles. The van der Waals surface area contributed by atoms with Crippen LogP contribution in [-0.2, 0) is 6.54 Å². The standard InChI is InChI=1S/C26H30FN3OS/c1-2-3-15-32-29-13-11-24(12-14-29)30(19-20-7-6-10-23(27)16-20)26(31)25-17-21-8-4-5-9-22(21)18-28-25/h4-10,16-18,24H,2-3,11-15,19H2,1H3. The summed E-state index contributed by atoms with van der Waals surface area (Å²) in [5, 5.41) is 2.01. The highest BCUT2D eigenvalue weighted by atomic mass is 32.2. The molecule has 32 heavy (non-hydrogen) atoms. The van der Waals surface area contributed by atoms with Crippen LogP contribution >= 0.6 is 11.9 Å². The van der Waals surface area contributed by atoms with Gasteiger partial charge in [0.2, 0.25) is 0 Å². The maximum absolute atomic E-state index is 13.8. The van der Waals surface area contributed by atoms with Crippen molar-refractivity contribution in [2.75, 3.05) is 18.8 Å². The van der Waals surface area contributed by atoms with Crippen LogP contribution in [0, 0.1) is 5.82 Å². The Morgan fingerprint density at radius 3 is 2.66 bits per heavy atom. The Morgan fingerprint density at radius 1 is 1.12 bits per heavy atom. The first-order valence-electron chi connectivity index (χ1n) is 11.4. The van der Waals surface area contributed by atoms with Gasteiger partial charge in [-0.3, -0.25) is 14.1 Å². The van der Waals surface area contributed by atoms with Crippen molar-refractivity contribution in [1.29, 1.82) is 0 Å². The molecule has 3 aromatic rings. The van der Waals surface area contributed by atoms with Crippen molar-refractivity contribution in [3.8, 4) is 0 Å². The van der Waals surface area contributed by atoms with Gasteiger partial charge in [-0.2, -0.15) is 0 Å². The van der Waals surface area contributed by atoms with E-state index in [0.717, 1.165) is 48.0 Å². The number of benzene rings is 2. The summed E-state index contributed by atoms with van der Waals surface area (Å²) in [5.41, 5.74) is 1.25. The normalized spacial score (nSPS) is 15.2. The number of halogens is 1. The van der Waals surface area contributed by atoms with Crippen LogP contribution < -0.4 is 0 Å². The molecular formula is C26H30FN3OS. The van der Waals surface area contributed by atoms with E-state index in [1.165, 1.54) is 25.0 Å². The zero-order chi connectivity index (χ0) is 22.3. The van der Waals surface area contributed by atoms with Gasteiger partial charge < -0.3 is 4.90 Å². The Bertz CT molecular complexity index is 1050. The van der Waals surface area contributed by atoms with Crippen LogP contribution in [-0.4, -0.2) is 45.0 Å². The molecule has 6 heteroatoms. The number of fused-ring (bicyclic) bond motifs is 1. The molecular weight excluding hydrogens is 421 g/mol. The van der Waals surface area contributed by atoms with Gasteiger partial charge in [0.05, 0.1) is 0 Å². The summed E-state index contributed by atoms with van der Waals surface area (Å²) >= 11 is 1.92. The van der Waals surface area contributed by atoms with Gasteiger partial charge in [0.15, 0.2) is 0 Å². The topological polar surface area (TPSA) is 36.4 Å². The van der Waals surface area contributed by atoms with Gasteiger partial charge in [-0.05, 0) is 48.4 Å². The lowest BCUT2D eigenvalue weighted by atomic mass is 10.0. The van der Waals surface area contributed by atoms with E-state index in [1.807, 2.05) is 53.2 Å². The van der Waals surface area contributed by atoms with Crippen LogP contribution in [0.1, 0.15) is 48.7 Å². The number of unbranched alkanes of at least 4 members (excludes halogenated alkanes) is 1. The zero-order valence-electron chi connectivity index (χ0n) is 18.5. The predicted molar refractivity (Wildman–Crippen MR) is 130 cm³/mol. The van der Waals surface area contributed by atoms with Gasteiger partial charge in [-0.25, -0.2) is 4.39 Å². The second-order valence-electron chi connectivity index (χ2n) is 8.33. The summed E-state index contributed by atoms with van der Waals surface area (Å²) in [7, 11) is 0. The number of pyridine rings is 1. The number of aromatic nitrogens is 1. The lowest BCUT2D eigenvalue weighted by Crippen LogP contribution is -2.46. The smallest absolute Gasteiger partial charge is 0.273 e.